The number of hydrogen-bond acceptors (Lipinski definition) is 4. The number of ketones is 1. The van der Waals surface area contributed by atoms with Crippen molar-refractivity contribution in [2.45, 2.75) is 47.0 Å². The highest BCUT2D eigenvalue weighted by atomic mass is 16.2. The van der Waals surface area contributed by atoms with E-state index in [2.05, 4.69) is 35.9 Å². The fourth-order valence-electron chi connectivity index (χ4n) is 3.86. The predicted molar refractivity (Wildman–Crippen MR) is 111 cm³/mol. The average molecular weight is 374 g/mol. The Labute approximate surface area is 164 Å². The largest absolute Gasteiger partial charge is 0.372 e. The van der Waals surface area contributed by atoms with Gasteiger partial charge in [0.1, 0.15) is 0 Å². The molecule has 1 fully saturated rings. The lowest BCUT2D eigenvalue weighted by molar-refractivity contribution is -0.133. The van der Waals surface area contributed by atoms with Crippen LogP contribution < -0.4 is 10.2 Å². The summed E-state index contributed by atoms with van der Waals surface area (Å²) in [5.74, 6) is 0.240. The fraction of sp³-hybridized carbons (Fsp3) is 0.636. The van der Waals surface area contributed by atoms with E-state index in [4.69, 9.17) is 0 Å². The van der Waals surface area contributed by atoms with Crippen molar-refractivity contribution in [1.29, 1.82) is 0 Å². The number of likely N-dealkylation sites (tertiary alicyclic amines) is 1. The summed E-state index contributed by atoms with van der Waals surface area (Å²) in [5, 5.41) is 3.02. The van der Waals surface area contributed by atoms with E-state index in [1.165, 1.54) is 0 Å². The van der Waals surface area contributed by atoms with Crippen LogP contribution in [0.4, 0.5) is 5.69 Å². The molecule has 0 saturated carbocycles. The molecule has 1 atom stereocenters. The second-order valence-electron chi connectivity index (χ2n) is 7.77. The van der Waals surface area contributed by atoms with Gasteiger partial charge in [0.15, 0.2) is 5.78 Å². The third kappa shape index (κ3) is 5.55. The van der Waals surface area contributed by atoms with Gasteiger partial charge in [-0.3, -0.25) is 14.5 Å². The van der Waals surface area contributed by atoms with E-state index in [1.54, 1.807) is 0 Å². The van der Waals surface area contributed by atoms with E-state index in [1.807, 2.05) is 31.2 Å². The van der Waals surface area contributed by atoms with Gasteiger partial charge in [-0.15, -0.1) is 0 Å². The minimum atomic E-state index is -0.402. The molecule has 0 radical (unpaired) electrons. The Hall–Kier alpha value is -1.88. The van der Waals surface area contributed by atoms with Crippen LogP contribution >= 0.6 is 0 Å². The monoisotopic (exact) mass is 373 g/mol. The Bertz CT molecular complexity index is 625. The Morgan fingerprint density at radius 2 is 1.81 bits per heavy atom. The van der Waals surface area contributed by atoms with Gasteiger partial charge < -0.3 is 10.2 Å². The summed E-state index contributed by atoms with van der Waals surface area (Å²) in [7, 11) is 0. The lowest BCUT2D eigenvalue weighted by Crippen LogP contribution is -2.51. The fourth-order valence-corrected chi connectivity index (χ4v) is 3.86. The number of rotatable bonds is 9. The molecular formula is C22H35N3O2. The van der Waals surface area contributed by atoms with Gasteiger partial charge in [0.25, 0.3) is 0 Å². The molecule has 0 aromatic heterocycles. The number of nitrogens with one attached hydrogen (secondary N) is 1. The van der Waals surface area contributed by atoms with E-state index in [0.29, 0.717) is 19.6 Å². The molecule has 2 rings (SSSR count). The Morgan fingerprint density at radius 3 is 2.41 bits per heavy atom. The summed E-state index contributed by atoms with van der Waals surface area (Å²) in [6.45, 7) is 12.9. The van der Waals surface area contributed by atoms with Gasteiger partial charge in [-0.1, -0.05) is 6.92 Å². The zero-order chi connectivity index (χ0) is 19.9. The van der Waals surface area contributed by atoms with Crippen LogP contribution in [-0.2, 0) is 4.79 Å². The SMILES string of the molecule is CCCNC(=O)C1(C)CCCN(CC(=O)c2ccc(N(CC)CC)cc2)C1. The molecule has 1 aromatic carbocycles. The molecule has 1 aromatic rings. The molecule has 0 bridgehead atoms. The number of hydrogen-bond donors (Lipinski definition) is 1. The molecule has 1 aliphatic heterocycles. The Kier molecular flexibility index (Phi) is 7.84. The first-order chi connectivity index (χ1) is 12.9. The smallest absolute Gasteiger partial charge is 0.227 e. The molecule has 1 N–H and O–H groups in total. The van der Waals surface area contributed by atoms with Gasteiger partial charge in [-0.05, 0) is 70.8 Å². The lowest BCUT2D eigenvalue weighted by Gasteiger charge is -2.39. The van der Waals surface area contributed by atoms with Crippen molar-refractivity contribution in [3.05, 3.63) is 29.8 Å². The van der Waals surface area contributed by atoms with E-state index in [-0.39, 0.29) is 11.7 Å². The van der Waals surface area contributed by atoms with Gasteiger partial charge in [0.05, 0.1) is 12.0 Å². The van der Waals surface area contributed by atoms with Crippen LogP contribution in [-0.4, -0.2) is 55.9 Å². The van der Waals surface area contributed by atoms with E-state index in [0.717, 1.165) is 50.1 Å². The molecule has 27 heavy (non-hydrogen) atoms. The van der Waals surface area contributed by atoms with Crippen LogP contribution in [0.5, 0.6) is 0 Å². The van der Waals surface area contributed by atoms with Gasteiger partial charge in [0, 0.05) is 37.4 Å². The van der Waals surface area contributed by atoms with Crippen molar-refractivity contribution in [1.82, 2.24) is 10.2 Å². The number of anilines is 1. The first kappa shape index (κ1) is 21.4. The second-order valence-corrected chi connectivity index (χ2v) is 7.77. The van der Waals surface area contributed by atoms with Crippen LogP contribution in [0.1, 0.15) is 57.3 Å². The molecule has 150 valence electrons. The zero-order valence-electron chi connectivity index (χ0n) is 17.4. The molecule has 1 amide bonds. The van der Waals surface area contributed by atoms with Crippen molar-refractivity contribution in [2.75, 3.05) is 44.2 Å². The molecule has 5 nitrogen and oxygen atoms in total. The van der Waals surface area contributed by atoms with Crippen LogP contribution in [0.2, 0.25) is 0 Å². The third-order valence-electron chi connectivity index (χ3n) is 5.54. The van der Waals surface area contributed by atoms with Gasteiger partial charge >= 0.3 is 0 Å². The highest BCUT2D eigenvalue weighted by molar-refractivity contribution is 5.98. The highest BCUT2D eigenvalue weighted by Gasteiger charge is 2.37. The van der Waals surface area contributed by atoms with E-state index in [9.17, 15) is 9.59 Å². The first-order valence-corrected chi connectivity index (χ1v) is 10.3. The van der Waals surface area contributed by atoms with Crippen molar-refractivity contribution in [2.24, 2.45) is 5.41 Å². The topological polar surface area (TPSA) is 52.7 Å². The first-order valence-electron chi connectivity index (χ1n) is 10.3. The minimum Gasteiger partial charge on any atom is -0.372 e. The number of benzene rings is 1. The maximum atomic E-state index is 12.7. The molecule has 1 unspecified atom stereocenters. The molecule has 0 spiro atoms. The summed E-state index contributed by atoms with van der Waals surface area (Å²) in [6.07, 6.45) is 2.77. The van der Waals surface area contributed by atoms with E-state index < -0.39 is 5.41 Å². The molecule has 5 heteroatoms. The molecular weight excluding hydrogens is 338 g/mol. The van der Waals surface area contributed by atoms with Crippen LogP contribution in [0.15, 0.2) is 24.3 Å². The second kappa shape index (κ2) is 9.88. The number of piperidine rings is 1. The van der Waals surface area contributed by atoms with Gasteiger partial charge in [-0.2, -0.15) is 0 Å². The predicted octanol–water partition coefficient (Wildman–Crippen LogP) is 3.34. The van der Waals surface area contributed by atoms with Crippen LogP contribution in [0.3, 0.4) is 0 Å². The maximum Gasteiger partial charge on any atom is 0.227 e. The normalized spacial score (nSPS) is 20.3. The zero-order valence-corrected chi connectivity index (χ0v) is 17.4. The standard InChI is InChI=1S/C22H35N3O2/c1-5-14-23-21(27)22(4)13-8-15-24(17-22)16-20(26)18-9-11-19(12-10-18)25(6-2)7-3/h9-12H,5-8,13-17H2,1-4H3,(H,23,27). The van der Waals surface area contributed by atoms with Gasteiger partial charge in [0.2, 0.25) is 5.91 Å². The summed E-state index contributed by atoms with van der Waals surface area (Å²) >= 11 is 0. The van der Waals surface area contributed by atoms with Gasteiger partial charge in [-0.25, -0.2) is 0 Å². The summed E-state index contributed by atoms with van der Waals surface area (Å²) in [5.41, 5.74) is 1.49. The van der Waals surface area contributed by atoms with Crippen molar-refractivity contribution in [3.8, 4) is 0 Å². The average Bonchev–Trinajstić information content (AvgIpc) is 2.67. The highest BCUT2D eigenvalue weighted by Crippen LogP contribution is 2.30. The van der Waals surface area contributed by atoms with Crippen molar-refractivity contribution < 1.29 is 9.59 Å². The number of carbonyl (C=O) groups is 2. The van der Waals surface area contributed by atoms with Crippen molar-refractivity contribution >= 4 is 17.4 Å². The Balaban J connectivity index is 1.97. The lowest BCUT2D eigenvalue weighted by atomic mass is 9.80. The van der Waals surface area contributed by atoms with Crippen LogP contribution in [0, 0.1) is 5.41 Å². The number of Topliss-reactive ketones (excluding diaryl/α,β-unsaturated/α-hetero) is 1. The number of carbonyl (C=O) groups excluding carboxylic acids is 2. The molecule has 1 aliphatic rings. The molecule has 1 heterocycles. The maximum absolute atomic E-state index is 12.7. The molecule has 1 saturated heterocycles. The summed E-state index contributed by atoms with van der Waals surface area (Å²) < 4.78 is 0. The summed E-state index contributed by atoms with van der Waals surface area (Å²) in [6, 6.07) is 7.90. The van der Waals surface area contributed by atoms with Crippen molar-refractivity contribution in [3.63, 3.8) is 0 Å². The third-order valence-corrected chi connectivity index (χ3v) is 5.54. The van der Waals surface area contributed by atoms with Crippen LogP contribution in [0.25, 0.3) is 0 Å². The summed E-state index contributed by atoms with van der Waals surface area (Å²) in [4.78, 5) is 29.6. The minimum absolute atomic E-state index is 0.116. The van der Waals surface area contributed by atoms with E-state index >= 15 is 0 Å². The number of nitrogens with zero attached hydrogens (tertiary/aromatic N) is 2. The molecule has 0 aliphatic carbocycles. The Morgan fingerprint density at radius 1 is 1.15 bits per heavy atom. The number of amides is 1. The quantitative estimate of drug-likeness (QED) is 0.675.